The van der Waals surface area contributed by atoms with Crippen LogP contribution in [0, 0.1) is 5.92 Å². The van der Waals surface area contributed by atoms with E-state index in [2.05, 4.69) is 6.92 Å². The van der Waals surface area contributed by atoms with Gasteiger partial charge in [0.15, 0.2) is 0 Å². The van der Waals surface area contributed by atoms with Gasteiger partial charge in [-0.25, -0.2) is 0 Å². The zero-order valence-corrected chi connectivity index (χ0v) is 17.9. The third kappa shape index (κ3) is 4.92. The van der Waals surface area contributed by atoms with Gasteiger partial charge in [0.05, 0.1) is 25.2 Å². The highest BCUT2D eigenvalue weighted by molar-refractivity contribution is 5.85. The highest BCUT2D eigenvalue weighted by Gasteiger charge is 2.42. The fourth-order valence-corrected chi connectivity index (χ4v) is 4.57. The summed E-state index contributed by atoms with van der Waals surface area (Å²) in [7, 11) is 3.50. The molecule has 2 heterocycles. The van der Waals surface area contributed by atoms with E-state index < -0.39 is 0 Å². The summed E-state index contributed by atoms with van der Waals surface area (Å²) in [5.74, 6) is 0.672. The lowest BCUT2D eigenvalue weighted by atomic mass is 9.82. The molecule has 2 saturated heterocycles. The maximum atomic E-state index is 13.5. The number of para-hydroxylation sites is 1. The van der Waals surface area contributed by atoms with Gasteiger partial charge in [-0.1, -0.05) is 31.5 Å². The predicted molar refractivity (Wildman–Crippen MR) is 112 cm³/mol. The summed E-state index contributed by atoms with van der Waals surface area (Å²) in [4.78, 5) is 30.0. The van der Waals surface area contributed by atoms with Crippen LogP contribution >= 0.6 is 0 Å². The van der Waals surface area contributed by atoms with Crippen LogP contribution in [0.4, 0.5) is 0 Å². The number of likely N-dealkylation sites (tertiary alicyclic amines) is 1. The first kappa shape index (κ1) is 21.6. The number of unbranched alkanes of at least 4 members (excludes halogenated alkanes) is 1. The van der Waals surface area contributed by atoms with Crippen LogP contribution in [0.25, 0.3) is 0 Å². The topological polar surface area (TPSA) is 59.1 Å². The van der Waals surface area contributed by atoms with E-state index in [4.69, 9.17) is 9.47 Å². The van der Waals surface area contributed by atoms with E-state index in [0.717, 1.165) is 43.6 Å². The van der Waals surface area contributed by atoms with Gasteiger partial charge in [-0.15, -0.1) is 0 Å². The summed E-state index contributed by atoms with van der Waals surface area (Å²) >= 11 is 0. The standard InChI is InChI=1S/C23H34N2O4/c1-4-5-14-25-21(26)13-12-19(22(25)18-10-6-7-11-20(18)28-3)23(27)24(2)16-17-9-8-15-29-17/h6-7,10-11,17,19,22H,4-5,8-9,12-16H2,1-3H3. The molecule has 2 aliphatic heterocycles. The van der Waals surface area contributed by atoms with E-state index in [1.165, 1.54) is 0 Å². The van der Waals surface area contributed by atoms with Crippen molar-refractivity contribution in [2.45, 2.75) is 57.6 Å². The second-order valence-electron chi connectivity index (χ2n) is 8.13. The Morgan fingerprint density at radius 2 is 2.10 bits per heavy atom. The largest absolute Gasteiger partial charge is 0.496 e. The molecule has 2 fully saturated rings. The molecule has 6 heteroatoms. The first-order chi connectivity index (χ1) is 14.1. The first-order valence-electron chi connectivity index (χ1n) is 10.9. The van der Waals surface area contributed by atoms with Crippen LogP contribution in [0.5, 0.6) is 5.75 Å². The van der Waals surface area contributed by atoms with Crippen molar-refractivity contribution >= 4 is 11.8 Å². The average Bonchev–Trinajstić information content (AvgIpc) is 3.25. The van der Waals surface area contributed by atoms with Crippen LogP contribution < -0.4 is 4.74 Å². The number of methoxy groups -OCH3 is 1. The van der Waals surface area contributed by atoms with E-state index in [1.54, 1.807) is 12.0 Å². The van der Waals surface area contributed by atoms with Gasteiger partial charge in [0.2, 0.25) is 11.8 Å². The molecule has 3 atom stereocenters. The summed E-state index contributed by atoms with van der Waals surface area (Å²) in [5, 5.41) is 0. The number of ether oxygens (including phenoxy) is 2. The Labute approximate surface area is 174 Å². The maximum absolute atomic E-state index is 13.5. The summed E-state index contributed by atoms with van der Waals surface area (Å²) in [5.41, 5.74) is 0.919. The van der Waals surface area contributed by atoms with Gasteiger partial charge in [-0.2, -0.15) is 0 Å². The lowest BCUT2D eigenvalue weighted by Gasteiger charge is -2.42. The second-order valence-corrected chi connectivity index (χ2v) is 8.13. The normalized spacial score (nSPS) is 24.6. The van der Waals surface area contributed by atoms with Gasteiger partial charge in [0.1, 0.15) is 5.75 Å². The SMILES string of the molecule is CCCCN1C(=O)CCC(C(=O)N(C)CC2CCCO2)C1c1ccccc1OC. The molecule has 0 bridgehead atoms. The van der Waals surface area contributed by atoms with Gasteiger partial charge in [0.25, 0.3) is 0 Å². The number of amides is 2. The molecule has 1 aromatic carbocycles. The molecule has 2 aliphatic rings. The molecule has 3 unspecified atom stereocenters. The third-order valence-electron chi connectivity index (χ3n) is 6.11. The number of likely N-dealkylation sites (N-methyl/N-ethyl adjacent to an activating group) is 1. The summed E-state index contributed by atoms with van der Waals surface area (Å²) in [6.07, 6.45) is 5.08. The van der Waals surface area contributed by atoms with E-state index in [9.17, 15) is 9.59 Å². The van der Waals surface area contributed by atoms with Crippen molar-refractivity contribution in [3.05, 3.63) is 29.8 Å². The Hall–Kier alpha value is -2.08. The van der Waals surface area contributed by atoms with Gasteiger partial charge < -0.3 is 19.3 Å². The van der Waals surface area contributed by atoms with Crippen molar-refractivity contribution in [2.24, 2.45) is 5.92 Å². The summed E-state index contributed by atoms with van der Waals surface area (Å²) in [6, 6.07) is 7.47. The van der Waals surface area contributed by atoms with Crippen molar-refractivity contribution in [2.75, 3.05) is 33.9 Å². The fourth-order valence-electron chi connectivity index (χ4n) is 4.57. The smallest absolute Gasteiger partial charge is 0.227 e. The van der Waals surface area contributed by atoms with E-state index in [-0.39, 0.29) is 29.9 Å². The molecule has 29 heavy (non-hydrogen) atoms. The minimum Gasteiger partial charge on any atom is -0.496 e. The lowest BCUT2D eigenvalue weighted by molar-refractivity contribution is -0.148. The van der Waals surface area contributed by atoms with Crippen molar-refractivity contribution in [1.82, 2.24) is 9.80 Å². The predicted octanol–water partition coefficient (Wildman–Crippen LogP) is 3.41. The molecule has 0 spiro atoms. The Bertz CT molecular complexity index is 702. The van der Waals surface area contributed by atoms with Crippen molar-refractivity contribution < 1.29 is 19.1 Å². The molecule has 0 saturated carbocycles. The van der Waals surface area contributed by atoms with Crippen LogP contribution in [0.1, 0.15) is 57.1 Å². The minimum absolute atomic E-state index is 0.0883. The monoisotopic (exact) mass is 402 g/mol. The second kappa shape index (κ2) is 10.1. The number of hydrogen-bond acceptors (Lipinski definition) is 4. The molecule has 6 nitrogen and oxygen atoms in total. The van der Waals surface area contributed by atoms with E-state index >= 15 is 0 Å². The minimum atomic E-state index is -0.293. The molecule has 0 radical (unpaired) electrons. The molecule has 160 valence electrons. The van der Waals surface area contributed by atoms with Crippen molar-refractivity contribution in [1.29, 1.82) is 0 Å². The molecule has 3 rings (SSSR count). The number of piperidine rings is 1. The van der Waals surface area contributed by atoms with E-state index in [1.807, 2.05) is 36.2 Å². The van der Waals surface area contributed by atoms with Gasteiger partial charge in [-0.05, 0) is 31.7 Å². The molecule has 0 aliphatic carbocycles. The zero-order chi connectivity index (χ0) is 20.8. The number of carbonyl (C=O) groups excluding carboxylic acids is 2. The van der Waals surface area contributed by atoms with Crippen LogP contribution in [0.2, 0.25) is 0 Å². The average molecular weight is 403 g/mol. The van der Waals surface area contributed by atoms with Crippen molar-refractivity contribution in [3.63, 3.8) is 0 Å². The zero-order valence-electron chi connectivity index (χ0n) is 17.9. The quantitative estimate of drug-likeness (QED) is 0.669. The number of rotatable bonds is 8. The highest BCUT2D eigenvalue weighted by atomic mass is 16.5. The first-order valence-corrected chi connectivity index (χ1v) is 10.9. The number of carbonyl (C=O) groups is 2. The lowest BCUT2D eigenvalue weighted by Crippen LogP contribution is -2.49. The molecule has 0 aromatic heterocycles. The Kier molecular flexibility index (Phi) is 7.53. The number of benzene rings is 1. The summed E-state index contributed by atoms with van der Waals surface area (Å²) < 4.78 is 11.3. The highest BCUT2D eigenvalue weighted by Crippen LogP contribution is 2.41. The van der Waals surface area contributed by atoms with Gasteiger partial charge in [-0.3, -0.25) is 9.59 Å². The van der Waals surface area contributed by atoms with Gasteiger partial charge in [0, 0.05) is 38.7 Å². The Morgan fingerprint density at radius 1 is 1.31 bits per heavy atom. The molecular formula is C23H34N2O4. The summed E-state index contributed by atoms with van der Waals surface area (Å²) in [6.45, 7) is 4.16. The van der Waals surface area contributed by atoms with Crippen LogP contribution in [-0.2, 0) is 14.3 Å². The fraction of sp³-hybridized carbons (Fsp3) is 0.652. The maximum Gasteiger partial charge on any atom is 0.227 e. The van der Waals surface area contributed by atoms with Gasteiger partial charge >= 0.3 is 0 Å². The molecule has 1 aromatic rings. The third-order valence-corrected chi connectivity index (χ3v) is 6.11. The Balaban J connectivity index is 1.89. The molecule has 0 N–H and O–H groups in total. The van der Waals surface area contributed by atoms with Crippen LogP contribution in [0.15, 0.2) is 24.3 Å². The van der Waals surface area contributed by atoms with E-state index in [0.29, 0.717) is 25.9 Å². The number of nitrogens with zero attached hydrogens (tertiary/aromatic N) is 2. The number of hydrogen-bond donors (Lipinski definition) is 0. The molecule has 2 amide bonds. The molecular weight excluding hydrogens is 368 g/mol. The van der Waals surface area contributed by atoms with Crippen molar-refractivity contribution in [3.8, 4) is 5.75 Å². The Morgan fingerprint density at radius 3 is 2.79 bits per heavy atom. The van der Waals surface area contributed by atoms with Crippen LogP contribution in [-0.4, -0.2) is 61.6 Å². The van der Waals surface area contributed by atoms with Crippen LogP contribution in [0.3, 0.4) is 0 Å².